The van der Waals surface area contributed by atoms with Crippen LogP contribution in [0.25, 0.3) is 16.5 Å². The largest absolute Gasteiger partial charge is 0.332 e. The fraction of sp³-hybridized carbons (Fsp3) is 0.0909. The number of anilines is 1. The van der Waals surface area contributed by atoms with E-state index in [-0.39, 0.29) is 18.4 Å². The smallest absolute Gasteiger partial charge is 0.254 e. The van der Waals surface area contributed by atoms with Crippen molar-refractivity contribution in [1.29, 1.82) is 0 Å². The second kappa shape index (κ2) is 7.93. The molecule has 1 aromatic heterocycles. The normalized spacial score (nSPS) is 10.7. The Hall–Kier alpha value is -4.00. The fourth-order valence-electron chi connectivity index (χ4n) is 3.13. The number of aromatic nitrogens is 3. The van der Waals surface area contributed by atoms with Crippen LogP contribution in [-0.4, -0.2) is 45.1 Å². The van der Waals surface area contributed by atoms with Crippen molar-refractivity contribution < 1.29 is 9.59 Å². The van der Waals surface area contributed by atoms with E-state index in [0.717, 1.165) is 22.1 Å². The number of nitrogens with zero attached hydrogens (tertiary/aromatic N) is 4. The molecule has 0 spiro atoms. The fourth-order valence-corrected chi connectivity index (χ4v) is 3.13. The van der Waals surface area contributed by atoms with Gasteiger partial charge in [0.25, 0.3) is 5.91 Å². The molecule has 144 valence electrons. The van der Waals surface area contributed by atoms with Gasteiger partial charge >= 0.3 is 0 Å². The third kappa shape index (κ3) is 3.98. The van der Waals surface area contributed by atoms with Crippen LogP contribution in [0.3, 0.4) is 0 Å². The Kier molecular flexibility index (Phi) is 5.03. The summed E-state index contributed by atoms with van der Waals surface area (Å²) in [7, 11) is 1.61. The topological polar surface area (TPSA) is 80.1 Å². The SMILES string of the molecule is CN(CC(=O)Nc1cccc2ccccc12)C(=O)c1ccc(-n2cncn2)cc1. The van der Waals surface area contributed by atoms with Crippen LogP contribution in [0.2, 0.25) is 0 Å². The molecule has 1 heterocycles. The lowest BCUT2D eigenvalue weighted by atomic mass is 10.1. The van der Waals surface area contributed by atoms with Crippen LogP contribution in [0, 0.1) is 0 Å². The second-order valence-electron chi connectivity index (χ2n) is 6.62. The van der Waals surface area contributed by atoms with Gasteiger partial charge in [-0.25, -0.2) is 9.67 Å². The maximum Gasteiger partial charge on any atom is 0.254 e. The molecule has 3 aromatic carbocycles. The minimum absolute atomic E-state index is 0.0487. The number of likely N-dealkylation sites (N-methyl/N-ethyl adjacent to an activating group) is 1. The van der Waals surface area contributed by atoms with Crippen LogP contribution in [0.15, 0.2) is 79.4 Å². The van der Waals surface area contributed by atoms with Gasteiger partial charge in [-0.1, -0.05) is 36.4 Å². The molecule has 0 aliphatic heterocycles. The third-order valence-electron chi connectivity index (χ3n) is 4.59. The monoisotopic (exact) mass is 385 g/mol. The lowest BCUT2D eigenvalue weighted by molar-refractivity contribution is -0.116. The highest BCUT2D eigenvalue weighted by Crippen LogP contribution is 2.22. The van der Waals surface area contributed by atoms with Crippen molar-refractivity contribution in [3.63, 3.8) is 0 Å². The van der Waals surface area contributed by atoms with Crippen LogP contribution in [0.1, 0.15) is 10.4 Å². The number of amides is 2. The third-order valence-corrected chi connectivity index (χ3v) is 4.59. The van der Waals surface area contributed by atoms with E-state index in [9.17, 15) is 9.59 Å². The van der Waals surface area contributed by atoms with Crippen molar-refractivity contribution in [3.05, 3.63) is 84.9 Å². The van der Waals surface area contributed by atoms with E-state index < -0.39 is 0 Å². The van der Waals surface area contributed by atoms with Crippen molar-refractivity contribution in [2.45, 2.75) is 0 Å². The predicted molar refractivity (Wildman–Crippen MR) is 111 cm³/mol. The molecule has 4 rings (SSSR count). The van der Waals surface area contributed by atoms with E-state index >= 15 is 0 Å². The number of hydrogen-bond donors (Lipinski definition) is 1. The Bertz CT molecular complexity index is 1150. The molecule has 0 unspecified atom stereocenters. The van der Waals surface area contributed by atoms with Gasteiger partial charge in [-0.05, 0) is 35.7 Å². The zero-order chi connectivity index (χ0) is 20.2. The first-order chi connectivity index (χ1) is 14.1. The number of benzene rings is 3. The summed E-state index contributed by atoms with van der Waals surface area (Å²) in [5.74, 6) is -0.486. The molecule has 7 nitrogen and oxygen atoms in total. The Morgan fingerprint density at radius 1 is 1.00 bits per heavy atom. The first kappa shape index (κ1) is 18.4. The lowest BCUT2D eigenvalue weighted by Gasteiger charge is -2.17. The van der Waals surface area contributed by atoms with E-state index in [2.05, 4.69) is 15.4 Å². The Balaban J connectivity index is 1.42. The van der Waals surface area contributed by atoms with Crippen molar-refractivity contribution in [3.8, 4) is 5.69 Å². The van der Waals surface area contributed by atoms with Crippen molar-refractivity contribution in [1.82, 2.24) is 19.7 Å². The van der Waals surface area contributed by atoms with E-state index in [1.165, 1.54) is 11.2 Å². The average molecular weight is 385 g/mol. The quantitative estimate of drug-likeness (QED) is 0.572. The molecule has 1 N–H and O–H groups in total. The zero-order valence-corrected chi connectivity index (χ0v) is 15.8. The van der Waals surface area contributed by atoms with Crippen LogP contribution in [0.4, 0.5) is 5.69 Å². The van der Waals surface area contributed by atoms with Gasteiger partial charge in [0.1, 0.15) is 12.7 Å². The van der Waals surface area contributed by atoms with E-state index in [1.54, 1.807) is 42.3 Å². The van der Waals surface area contributed by atoms with Crippen molar-refractivity contribution in [2.24, 2.45) is 0 Å². The van der Waals surface area contributed by atoms with Crippen molar-refractivity contribution >= 4 is 28.3 Å². The number of rotatable bonds is 5. The molecule has 0 aliphatic rings. The second-order valence-corrected chi connectivity index (χ2v) is 6.62. The van der Waals surface area contributed by atoms with E-state index in [1.807, 2.05) is 42.5 Å². The van der Waals surface area contributed by atoms with E-state index in [4.69, 9.17) is 0 Å². The number of hydrogen-bond acceptors (Lipinski definition) is 4. The molecule has 0 aliphatic carbocycles. The lowest BCUT2D eigenvalue weighted by Crippen LogP contribution is -2.34. The summed E-state index contributed by atoms with van der Waals surface area (Å²) in [6.07, 6.45) is 3.03. The van der Waals surface area contributed by atoms with Crippen LogP contribution >= 0.6 is 0 Å². The summed E-state index contributed by atoms with van der Waals surface area (Å²) < 4.78 is 1.61. The van der Waals surface area contributed by atoms with Gasteiger partial charge in [-0.15, -0.1) is 0 Å². The number of carbonyl (C=O) groups excluding carboxylic acids is 2. The molecule has 0 fully saturated rings. The maximum absolute atomic E-state index is 12.7. The van der Waals surface area contributed by atoms with Gasteiger partial charge in [0.15, 0.2) is 0 Å². The molecular formula is C22H19N5O2. The molecule has 2 amide bonds. The molecule has 0 atom stereocenters. The molecule has 4 aromatic rings. The van der Waals surface area contributed by atoms with Gasteiger partial charge in [0.2, 0.25) is 5.91 Å². The van der Waals surface area contributed by atoms with Gasteiger partial charge in [0.05, 0.1) is 12.2 Å². The van der Waals surface area contributed by atoms with E-state index in [0.29, 0.717) is 5.56 Å². The average Bonchev–Trinajstić information content (AvgIpc) is 3.28. The van der Waals surface area contributed by atoms with Crippen LogP contribution < -0.4 is 5.32 Å². The van der Waals surface area contributed by atoms with Crippen LogP contribution in [-0.2, 0) is 4.79 Å². The molecule has 0 radical (unpaired) electrons. The van der Waals surface area contributed by atoms with Gasteiger partial charge < -0.3 is 10.2 Å². The number of carbonyl (C=O) groups is 2. The Labute approximate surface area is 167 Å². The zero-order valence-electron chi connectivity index (χ0n) is 15.8. The number of fused-ring (bicyclic) bond motifs is 1. The predicted octanol–water partition coefficient (Wildman–Crippen LogP) is 3.13. The highest BCUT2D eigenvalue weighted by molar-refractivity contribution is 6.04. The van der Waals surface area contributed by atoms with Gasteiger partial charge in [-0.2, -0.15) is 5.10 Å². The summed E-state index contributed by atoms with van der Waals surface area (Å²) in [5.41, 5.74) is 2.02. The molecular weight excluding hydrogens is 366 g/mol. The standard InChI is InChI=1S/C22H19N5O2/c1-26(22(29)17-9-11-18(12-10-17)27-15-23-14-24-27)13-21(28)25-20-8-4-6-16-5-2-3-7-19(16)20/h2-12,14-15H,13H2,1H3,(H,25,28). The van der Waals surface area contributed by atoms with Gasteiger partial charge in [-0.3, -0.25) is 9.59 Å². The summed E-state index contributed by atoms with van der Waals surface area (Å²) in [5, 5.41) is 8.96. The minimum atomic E-state index is -0.253. The molecule has 0 saturated carbocycles. The summed E-state index contributed by atoms with van der Waals surface area (Å²) in [4.78, 5) is 30.4. The first-order valence-corrected chi connectivity index (χ1v) is 9.10. The first-order valence-electron chi connectivity index (χ1n) is 9.10. The number of nitrogens with one attached hydrogen (secondary N) is 1. The molecule has 0 bridgehead atoms. The summed E-state index contributed by atoms with van der Waals surface area (Å²) >= 11 is 0. The summed E-state index contributed by atoms with van der Waals surface area (Å²) in [6, 6.07) is 20.5. The Morgan fingerprint density at radius 2 is 1.76 bits per heavy atom. The molecule has 0 saturated heterocycles. The maximum atomic E-state index is 12.7. The van der Waals surface area contributed by atoms with Crippen LogP contribution in [0.5, 0.6) is 0 Å². The van der Waals surface area contributed by atoms with Gasteiger partial charge in [0, 0.05) is 23.7 Å². The molecule has 29 heavy (non-hydrogen) atoms. The summed E-state index contributed by atoms with van der Waals surface area (Å²) in [6.45, 7) is -0.0487. The highest BCUT2D eigenvalue weighted by Gasteiger charge is 2.16. The highest BCUT2D eigenvalue weighted by atomic mass is 16.2. The molecule has 7 heteroatoms. The minimum Gasteiger partial charge on any atom is -0.332 e. The Morgan fingerprint density at radius 3 is 2.52 bits per heavy atom. The van der Waals surface area contributed by atoms with Crippen molar-refractivity contribution in [2.75, 3.05) is 18.9 Å².